The summed E-state index contributed by atoms with van der Waals surface area (Å²) in [4.78, 5) is 27.1. The van der Waals surface area contributed by atoms with Crippen molar-refractivity contribution in [1.29, 1.82) is 0 Å². The van der Waals surface area contributed by atoms with Crippen LogP contribution < -0.4 is 4.72 Å². The van der Waals surface area contributed by atoms with Crippen molar-refractivity contribution < 1.29 is 14.3 Å². The van der Waals surface area contributed by atoms with Gasteiger partial charge in [-0.1, -0.05) is 18.2 Å². The van der Waals surface area contributed by atoms with Crippen molar-refractivity contribution in [2.45, 2.75) is 40.9 Å². The minimum atomic E-state index is -0.514. The maximum absolute atomic E-state index is 12.4. The number of benzene rings is 1. The molecular weight excluding hydrogens is 320 g/mol. The van der Waals surface area contributed by atoms with Crippen LogP contribution in [0.2, 0.25) is 0 Å². The molecule has 1 aromatic rings. The van der Waals surface area contributed by atoms with Crippen molar-refractivity contribution in [3.8, 4) is 0 Å². The highest BCUT2D eigenvalue weighted by Gasteiger charge is 2.64. The number of carbonyl (C=O) groups excluding carboxylic acids is 2. The standard InChI is InChI=1S/C15H18N2O3S2/c1-15(2)11(14(19)20-3)17-12(18)10(13(17)21-15)16-22-9-7-5-4-6-8-9/h4-8,10-11,13,16H,1-3H3/t10-,11+,13-/m1/s1. The molecular formula is C15H18N2O3S2. The fraction of sp³-hybridized carbons (Fsp3) is 0.467. The van der Waals surface area contributed by atoms with Gasteiger partial charge < -0.3 is 9.64 Å². The third kappa shape index (κ3) is 2.51. The predicted molar refractivity (Wildman–Crippen MR) is 87.3 cm³/mol. The Kier molecular flexibility index (Phi) is 4.13. The Balaban J connectivity index is 1.69. The van der Waals surface area contributed by atoms with E-state index in [1.165, 1.54) is 19.1 Å². The Bertz CT molecular complexity index is 594. The van der Waals surface area contributed by atoms with Crippen LogP contribution in [0.4, 0.5) is 0 Å². The molecule has 7 heteroatoms. The second-order valence-corrected chi connectivity index (χ2v) is 8.48. The van der Waals surface area contributed by atoms with Gasteiger partial charge in [0.25, 0.3) is 0 Å². The third-order valence-corrected chi connectivity index (χ3v) is 6.36. The van der Waals surface area contributed by atoms with E-state index >= 15 is 0 Å². The molecule has 3 rings (SSSR count). The van der Waals surface area contributed by atoms with E-state index in [9.17, 15) is 9.59 Å². The van der Waals surface area contributed by atoms with Crippen LogP contribution >= 0.6 is 23.7 Å². The summed E-state index contributed by atoms with van der Waals surface area (Å²) >= 11 is 3.09. The number of nitrogens with zero attached hydrogens (tertiary/aromatic N) is 1. The first kappa shape index (κ1) is 15.7. The summed E-state index contributed by atoms with van der Waals surface area (Å²) in [7, 11) is 1.36. The molecule has 118 valence electrons. The van der Waals surface area contributed by atoms with Gasteiger partial charge in [0, 0.05) is 9.64 Å². The molecule has 0 unspecified atom stereocenters. The van der Waals surface area contributed by atoms with Gasteiger partial charge in [-0.3, -0.25) is 4.79 Å². The van der Waals surface area contributed by atoms with E-state index in [1.54, 1.807) is 16.7 Å². The fourth-order valence-corrected chi connectivity index (χ4v) is 5.33. The van der Waals surface area contributed by atoms with Crippen molar-refractivity contribution in [2.75, 3.05) is 7.11 Å². The van der Waals surface area contributed by atoms with Crippen LogP contribution in [0.15, 0.2) is 35.2 Å². The molecule has 0 spiro atoms. The van der Waals surface area contributed by atoms with E-state index in [2.05, 4.69) is 4.72 Å². The van der Waals surface area contributed by atoms with Crippen LogP contribution in [0.3, 0.4) is 0 Å². The monoisotopic (exact) mass is 338 g/mol. The summed E-state index contributed by atoms with van der Waals surface area (Å²) in [5.41, 5.74) is 0. The Morgan fingerprint density at radius 1 is 1.36 bits per heavy atom. The van der Waals surface area contributed by atoms with Gasteiger partial charge in [0.15, 0.2) is 0 Å². The molecule has 0 aliphatic carbocycles. The van der Waals surface area contributed by atoms with E-state index < -0.39 is 6.04 Å². The zero-order valence-corrected chi connectivity index (χ0v) is 14.2. The Morgan fingerprint density at radius 3 is 2.68 bits per heavy atom. The lowest BCUT2D eigenvalue weighted by Gasteiger charge is -2.43. The summed E-state index contributed by atoms with van der Waals surface area (Å²) < 4.78 is 7.74. The molecule has 3 atom stereocenters. The van der Waals surface area contributed by atoms with Crippen LogP contribution in [0.5, 0.6) is 0 Å². The number of amides is 1. The summed E-state index contributed by atoms with van der Waals surface area (Å²) in [6.45, 7) is 3.96. The average molecular weight is 338 g/mol. The van der Waals surface area contributed by atoms with Gasteiger partial charge in [0.05, 0.1) is 7.11 Å². The second kappa shape index (κ2) is 5.79. The Hall–Kier alpha value is -1.18. The molecule has 22 heavy (non-hydrogen) atoms. The summed E-state index contributed by atoms with van der Waals surface area (Å²) in [5, 5.41) is -0.0252. The number of rotatable bonds is 4. The van der Waals surface area contributed by atoms with E-state index in [-0.39, 0.29) is 28.0 Å². The van der Waals surface area contributed by atoms with Gasteiger partial charge in [-0.15, -0.1) is 11.8 Å². The van der Waals surface area contributed by atoms with Crippen molar-refractivity contribution >= 4 is 35.6 Å². The number of fused-ring (bicyclic) bond motifs is 1. The van der Waals surface area contributed by atoms with Gasteiger partial charge in [-0.25, -0.2) is 9.52 Å². The minimum Gasteiger partial charge on any atom is -0.467 e. The average Bonchev–Trinajstić information content (AvgIpc) is 2.76. The molecule has 0 bridgehead atoms. The first-order chi connectivity index (χ1) is 10.5. The van der Waals surface area contributed by atoms with Gasteiger partial charge in [-0.05, 0) is 37.9 Å². The fourth-order valence-electron chi connectivity index (χ4n) is 2.83. The highest BCUT2D eigenvalue weighted by molar-refractivity contribution is 8.02. The highest BCUT2D eigenvalue weighted by Crippen LogP contribution is 2.51. The van der Waals surface area contributed by atoms with Crippen LogP contribution in [0.25, 0.3) is 0 Å². The predicted octanol–water partition coefficient (Wildman–Crippen LogP) is 1.89. The number of thioether (sulfide) groups is 1. The second-order valence-electron chi connectivity index (χ2n) is 5.79. The maximum Gasteiger partial charge on any atom is 0.330 e. The van der Waals surface area contributed by atoms with Crippen molar-refractivity contribution in [3.63, 3.8) is 0 Å². The molecule has 1 aromatic carbocycles. The summed E-state index contributed by atoms with van der Waals surface area (Å²) in [6.07, 6.45) is 0. The molecule has 0 saturated carbocycles. The van der Waals surface area contributed by atoms with Crippen molar-refractivity contribution in [2.24, 2.45) is 0 Å². The number of hydrogen-bond acceptors (Lipinski definition) is 6. The molecule has 2 aliphatic heterocycles. The van der Waals surface area contributed by atoms with Crippen LogP contribution in [0, 0.1) is 0 Å². The smallest absolute Gasteiger partial charge is 0.330 e. The molecule has 2 heterocycles. The first-order valence-corrected chi connectivity index (χ1v) is 8.70. The first-order valence-electron chi connectivity index (χ1n) is 7.01. The molecule has 2 aliphatic rings. The number of hydrogen-bond donors (Lipinski definition) is 1. The molecule has 2 saturated heterocycles. The SMILES string of the molecule is COC(=O)[C@@H]1N2C(=O)[C@@H](NSc3ccccc3)[C@H]2SC1(C)C. The number of methoxy groups -OCH3 is 1. The molecule has 0 aromatic heterocycles. The van der Waals surface area contributed by atoms with E-state index in [0.29, 0.717) is 0 Å². The van der Waals surface area contributed by atoms with Crippen LogP contribution in [-0.2, 0) is 14.3 Å². The number of nitrogens with one attached hydrogen (secondary N) is 1. The largest absolute Gasteiger partial charge is 0.467 e. The van der Waals surface area contributed by atoms with Crippen molar-refractivity contribution in [3.05, 3.63) is 30.3 Å². The molecule has 0 radical (unpaired) electrons. The van der Waals surface area contributed by atoms with Gasteiger partial charge in [-0.2, -0.15) is 0 Å². The third-order valence-electron chi connectivity index (χ3n) is 3.91. The Morgan fingerprint density at radius 2 is 2.05 bits per heavy atom. The number of carbonyl (C=O) groups is 2. The molecule has 5 nitrogen and oxygen atoms in total. The summed E-state index contributed by atoms with van der Waals surface area (Å²) in [6, 6.07) is 9.06. The number of β-lactam (4-membered cyclic amide) rings is 1. The molecule has 2 fully saturated rings. The van der Waals surface area contributed by atoms with Crippen molar-refractivity contribution in [1.82, 2.24) is 9.62 Å². The number of esters is 1. The minimum absolute atomic E-state index is 0.0252. The van der Waals surface area contributed by atoms with E-state index in [0.717, 1.165) is 4.90 Å². The normalized spacial score (nSPS) is 29.0. The quantitative estimate of drug-likeness (QED) is 0.514. The lowest BCUT2D eigenvalue weighted by Crippen LogP contribution is -2.69. The lowest BCUT2D eigenvalue weighted by atomic mass is 9.96. The summed E-state index contributed by atoms with van der Waals surface area (Å²) in [5.74, 6) is -0.385. The zero-order valence-electron chi connectivity index (χ0n) is 12.6. The maximum atomic E-state index is 12.4. The van der Waals surface area contributed by atoms with E-state index in [4.69, 9.17) is 4.74 Å². The molecule has 1 amide bonds. The topological polar surface area (TPSA) is 58.6 Å². The highest BCUT2D eigenvalue weighted by atomic mass is 32.2. The van der Waals surface area contributed by atoms with Crippen LogP contribution in [-0.4, -0.2) is 46.1 Å². The van der Waals surface area contributed by atoms with Gasteiger partial charge in [0.2, 0.25) is 5.91 Å². The van der Waals surface area contributed by atoms with Gasteiger partial charge >= 0.3 is 5.97 Å². The Labute approximate surface area is 138 Å². The lowest BCUT2D eigenvalue weighted by molar-refractivity contribution is -0.161. The van der Waals surface area contributed by atoms with Crippen LogP contribution in [0.1, 0.15) is 13.8 Å². The number of ether oxygens (including phenoxy) is 1. The van der Waals surface area contributed by atoms with Gasteiger partial charge in [0.1, 0.15) is 17.5 Å². The molecule has 1 N–H and O–H groups in total. The van der Waals surface area contributed by atoms with E-state index in [1.807, 2.05) is 44.2 Å². The zero-order chi connectivity index (χ0) is 15.9.